The molecule has 1 aliphatic carbocycles. The highest BCUT2D eigenvalue weighted by Gasteiger charge is 2.35. The Bertz CT molecular complexity index is 293. The second kappa shape index (κ2) is 5.60. The Morgan fingerprint density at radius 1 is 1.28 bits per heavy atom. The molecule has 1 atom stereocenters. The Labute approximate surface area is 111 Å². The standard InChI is InChI=1S/C15H27NO2/c1-15(2)8-5-13(11-15)16-9-6-12(7-10-16)3-4-14(17)18/h12-13H,3-11H2,1-2H3,(H,17,18). The van der Waals surface area contributed by atoms with E-state index in [1.54, 1.807) is 0 Å². The molecule has 2 rings (SSSR count). The zero-order chi connectivity index (χ0) is 13.2. The smallest absolute Gasteiger partial charge is 0.303 e. The highest BCUT2D eigenvalue weighted by Crippen LogP contribution is 2.40. The van der Waals surface area contributed by atoms with Gasteiger partial charge in [-0.3, -0.25) is 4.79 Å². The molecule has 2 fully saturated rings. The van der Waals surface area contributed by atoms with Crippen molar-refractivity contribution < 1.29 is 9.90 Å². The van der Waals surface area contributed by atoms with Gasteiger partial charge in [0.25, 0.3) is 0 Å². The third kappa shape index (κ3) is 3.71. The van der Waals surface area contributed by atoms with Crippen molar-refractivity contribution in [3.63, 3.8) is 0 Å². The molecule has 1 aliphatic heterocycles. The maximum absolute atomic E-state index is 10.6. The van der Waals surface area contributed by atoms with Crippen molar-refractivity contribution in [1.82, 2.24) is 4.90 Å². The van der Waals surface area contributed by atoms with Gasteiger partial charge >= 0.3 is 5.97 Å². The van der Waals surface area contributed by atoms with Crippen LogP contribution in [0.25, 0.3) is 0 Å². The number of carbonyl (C=O) groups is 1. The Morgan fingerprint density at radius 3 is 2.44 bits per heavy atom. The number of nitrogens with zero attached hydrogens (tertiary/aromatic N) is 1. The van der Waals surface area contributed by atoms with Gasteiger partial charge < -0.3 is 10.0 Å². The van der Waals surface area contributed by atoms with Gasteiger partial charge in [-0.05, 0) is 62.9 Å². The fourth-order valence-corrected chi connectivity index (χ4v) is 3.65. The summed E-state index contributed by atoms with van der Waals surface area (Å²) in [6.45, 7) is 7.13. The minimum Gasteiger partial charge on any atom is -0.481 e. The van der Waals surface area contributed by atoms with Crippen molar-refractivity contribution in [2.75, 3.05) is 13.1 Å². The van der Waals surface area contributed by atoms with Gasteiger partial charge in [0.05, 0.1) is 0 Å². The van der Waals surface area contributed by atoms with Crippen LogP contribution in [0.3, 0.4) is 0 Å². The van der Waals surface area contributed by atoms with Crippen LogP contribution in [-0.4, -0.2) is 35.1 Å². The Kier molecular flexibility index (Phi) is 4.31. The molecular weight excluding hydrogens is 226 g/mol. The molecule has 0 spiro atoms. The molecule has 1 heterocycles. The molecule has 3 nitrogen and oxygen atoms in total. The molecule has 1 saturated carbocycles. The third-order valence-corrected chi connectivity index (χ3v) is 4.87. The van der Waals surface area contributed by atoms with Crippen molar-refractivity contribution in [2.45, 2.75) is 64.8 Å². The van der Waals surface area contributed by atoms with Crippen molar-refractivity contribution in [3.05, 3.63) is 0 Å². The molecule has 104 valence electrons. The van der Waals surface area contributed by atoms with Crippen LogP contribution in [0.1, 0.15) is 58.8 Å². The first-order valence-corrected chi connectivity index (χ1v) is 7.42. The van der Waals surface area contributed by atoms with E-state index in [-0.39, 0.29) is 0 Å². The summed E-state index contributed by atoms with van der Waals surface area (Å²) in [6.07, 6.45) is 7.67. The molecule has 1 N–H and O–H groups in total. The molecule has 0 radical (unpaired) electrons. The second-order valence-electron chi connectivity index (χ2n) is 6.97. The fraction of sp³-hybridized carbons (Fsp3) is 0.933. The van der Waals surface area contributed by atoms with E-state index in [2.05, 4.69) is 18.7 Å². The summed E-state index contributed by atoms with van der Waals surface area (Å²) in [4.78, 5) is 13.2. The maximum Gasteiger partial charge on any atom is 0.303 e. The van der Waals surface area contributed by atoms with Crippen LogP contribution in [0.4, 0.5) is 0 Å². The number of rotatable bonds is 4. The Balaban J connectivity index is 1.72. The van der Waals surface area contributed by atoms with Gasteiger partial charge in [0.2, 0.25) is 0 Å². The minimum atomic E-state index is -0.644. The van der Waals surface area contributed by atoms with E-state index in [0.29, 0.717) is 17.8 Å². The molecule has 0 aromatic rings. The first-order chi connectivity index (χ1) is 8.46. The number of piperidine rings is 1. The van der Waals surface area contributed by atoms with Gasteiger partial charge in [0, 0.05) is 12.5 Å². The van der Waals surface area contributed by atoms with Crippen LogP contribution in [0.5, 0.6) is 0 Å². The average molecular weight is 253 g/mol. The topological polar surface area (TPSA) is 40.5 Å². The molecule has 0 amide bonds. The van der Waals surface area contributed by atoms with E-state index >= 15 is 0 Å². The van der Waals surface area contributed by atoms with Crippen LogP contribution < -0.4 is 0 Å². The van der Waals surface area contributed by atoms with Gasteiger partial charge in [-0.25, -0.2) is 0 Å². The highest BCUT2D eigenvalue weighted by molar-refractivity contribution is 5.66. The predicted molar refractivity (Wildman–Crippen MR) is 72.6 cm³/mol. The van der Waals surface area contributed by atoms with Gasteiger partial charge in [-0.2, -0.15) is 0 Å². The lowest BCUT2D eigenvalue weighted by Crippen LogP contribution is -2.40. The molecule has 0 aromatic heterocycles. The Hall–Kier alpha value is -0.570. The summed E-state index contributed by atoms with van der Waals surface area (Å²) < 4.78 is 0. The van der Waals surface area contributed by atoms with Crippen molar-refractivity contribution in [1.29, 1.82) is 0 Å². The van der Waals surface area contributed by atoms with Crippen molar-refractivity contribution in [2.24, 2.45) is 11.3 Å². The van der Waals surface area contributed by atoms with Crippen LogP contribution in [0.15, 0.2) is 0 Å². The molecule has 2 aliphatic rings. The fourth-order valence-electron chi connectivity index (χ4n) is 3.65. The van der Waals surface area contributed by atoms with Gasteiger partial charge in [-0.1, -0.05) is 13.8 Å². The Morgan fingerprint density at radius 2 is 1.94 bits per heavy atom. The molecule has 1 unspecified atom stereocenters. The summed E-state index contributed by atoms with van der Waals surface area (Å²) in [5, 5.41) is 8.72. The lowest BCUT2D eigenvalue weighted by molar-refractivity contribution is -0.137. The number of carboxylic acids is 1. The van der Waals surface area contributed by atoms with Crippen LogP contribution >= 0.6 is 0 Å². The quantitative estimate of drug-likeness (QED) is 0.836. The first-order valence-electron chi connectivity index (χ1n) is 7.42. The normalized spacial score (nSPS) is 29.6. The van der Waals surface area contributed by atoms with E-state index in [1.807, 2.05) is 0 Å². The van der Waals surface area contributed by atoms with E-state index in [9.17, 15) is 4.79 Å². The second-order valence-corrected chi connectivity index (χ2v) is 6.97. The monoisotopic (exact) mass is 253 g/mol. The lowest BCUT2D eigenvalue weighted by atomic mass is 9.89. The molecule has 18 heavy (non-hydrogen) atoms. The summed E-state index contributed by atoms with van der Waals surface area (Å²) >= 11 is 0. The predicted octanol–water partition coefficient (Wildman–Crippen LogP) is 3.14. The summed E-state index contributed by atoms with van der Waals surface area (Å²) in [7, 11) is 0. The summed E-state index contributed by atoms with van der Waals surface area (Å²) in [6, 6.07) is 0.792. The average Bonchev–Trinajstić information content (AvgIpc) is 2.68. The number of hydrogen-bond acceptors (Lipinski definition) is 2. The van der Waals surface area contributed by atoms with Crippen LogP contribution in [0.2, 0.25) is 0 Å². The first kappa shape index (κ1) is 13.9. The highest BCUT2D eigenvalue weighted by atomic mass is 16.4. The number of likely N-dealkylation sites (tertiary alicyclic amines) is 1. The van der Waals surface area contributed by atoms with Crippen molar-refractivity contribution in [3.8, 4) is 0 Å². The molecule has 1 saturated heterocycles. The molecule has 0 aromatic carbocycles. The molecule has 0 bridgehead atoms. The van der Waals surface area contributed by atoms with Crippen LogP contribution in [0, 0.1) is 11.3 Å². The van der Waals surface area contributed by atoms with E-state index in [4.69, 9.17) is 5.11 Å². The SMILES string of the molecule is CC1(C)CCC(N2CCC(CCC(=O)O)CC2)C1. The van der Waals surface area contributed by atoms with Gasteiger partial charge in [0.15, 0.2) is 0 Å². The lowest BCUT2D eigenvalue weighted by Gasteiger charge is -2.36. The van der Waals surface area contributed by atoms with Gasteiger partial charge in [-0.15, -0.1) is 0 Å². The van der Waals surface area contributed by atoms with E-state index < -0.39 is 5.97 Å². The summed E-state index contributed by atoms with van der Waals surface area (Å²) in [5.41, 5.74) is 0.533. The van der Waals surface area contributed by atoms with E-state index in [0.717, 1.165) is 12.5 Å². The van der Waals surface area contributed by atoms with Gasteiger partial charge in [0.1, 0.15) is 0 Å². The molecular formula is C15H27NO2. The zero-order valence-electron chi connectivity index (χ0n) is 11.8. The zero-order valence-corrected chi connectivity index (χ0v) is 11.8. The van der Waals surface area contributed by atoms with Crippen molar-refractivity contribution >= 4 is 5.97 Å². The maximum atomic E-state index is 10.6. The summed E-state index contributed by atoms with van der Waals surface area (Å²) in [5.74, 6) is 0.00161. The number of aliphatic carboxylic acids is 1. The third-order valence-electron chi connectivity index (χ3n) is 4.87. The molecule has 3 heteroatoms. The van der Waals surface area contributed by atoms with E-state index in [1.165, 1.54) is 45.2 Å². The van der Waals surface area contributed by atoms with Crippen LogP contribution in [-0.2, 0) is 4.79 Å². The number of carboxylic acid groups (broad SMARTS) is 1. The minimum absolute atomic E-state index is 0.348. The number of hydrogen-bond donors (Lipinski definition) is 1. The largest absolute Gasteiger partial charge is 0.481 e.